The summed E-state index contributed by atoms with van der Waals surface area (Å²) in [7, 11) is 2.92. The Bertz CT molecular complexity index is 1410. The second kappa shape index (κ2) is 10.1. The fraction of sp³-hybridized carbons (Fsp3) is 0.185. The highest BCUT2D eigenvalue weighted by molar-refractivity contribution is 5.70. The van der Waals surface area contributed by atoms with Crippen LogP contribution in [0.5, 0.6) is 11.5 Å². The molecule has 0 saturated carbocycles. The van der Waals surface area contributed by atoms with Crippen molar-refractivity contribution in [2.45, 2.75) is 19.0 Å². The van der Waals surface area contributed by atoms with Crippen molar-refractivity contribution in [1.82, 2.24) is 5.32 Å². The van der Waals surface area contributed by atoms with E-state index in [4.69, 9.17) is 9.47 Å². The van der Waals surface area contributed by atoms with Crippen molar-refractivity contribution in [2.75, 3.05) is 19.5 Å². The Balaban J connectivity index is 1.68. The average Bonchev–Trinajstić information content (AvgIpc) is 2.88. The normalized spacial score (nSPS) is 12.8. The first kappa shape index (κ1) is 24.1. The molecule has 4 aromatic rings. The van der Waals surface area contributed by atoms with E-state index in [1.165, 1.54) is 19.2 Å². The first-order valence-corrected chi connectivity index (χ1v) is 10.9. The van der Waals surface area contributed by atoms with Crippen LogP contribution in [0.3, 0.4) is 0 Å². The molecular weight excluding hydrogens is 454 g/mol. The summed E-state index contributed by atoms with van der Waals surface area (Å²) in [4.78, 5) is 23.6. The molecule has 0 fully saturated rings. The second-order valence-corrected chi connectivity index (χ2v) is 8.09. The number of rotatable bonds is 9. The van der Waals surface area contributed by atoms with Crippen LogP contribution < -0.4 is 31.0 Å². The third-order valence-electron chi connectivity index (χ3n) is 5.87. The molecule has 35 heavy (non-hydrogen) atoms. The third-order valence-corrected chi connectivity index (χ3v) is 5.87. The van der Waals surface area contributed by atoms with Gasteiger partial charge in [-0.05, 0) is 60.0 Å². The Labute approximate surface area is 200 Å². The minimum Gasteiger partial charge on any atom is -0.497 e. The van der Waals surface area contributed by atoms with Crippen molar-refractivity contribution >= 4 is 11.4 Å². The van der Waals surface area contributed by atoms with E-state index in [0.717, 1.165) is 17.2 Å². The molecule has 8 heteroatoms. The minimum atomic E-state index is -0.912. The largest absolute Gasteiger partial charge is 0.497 e. The van der Waals surface area contributed by atoms with E-state index in [-0.39, 0.29) is 23.5 Å². The highest BCUT2D eigenvalue weighted by Crippen LogP contribution is 2.31. The molecular formula is C27H24F2N2O4. The molecule has 0 aliphatic carbocycles. The first-order valence-electron chi connectivity index (χ1n) is 10.9. The third kappa shape index (κ3) is 4.93. The number of benzene rings is 3. The smallest absolute Gasteiger partial charge is 0.272 e. The minimum absolute atomic E-state index is 0.00260. The van der Waals surface area contributed by atoms with Gasteiger partial charge < -0.3 is 14.8 Å². The van der Waals surface area contributed by atoms with E-state index in [1.807, 2.05) is 49.4 Å². The Hall–Kier alpha value is -4.04. The lowest BCUT2D eigenvalue weighted by atomic mass is 9.96. The van der Waals surface area contributed by atoms with Crippen molar-refractivity contribution in [3.05, 3.63) is 116 Å². The van der Waals surface area contributed by atoms with Crippen molar-refractivity contribution in [3.63, 3.8) is 0 Å². The van der Waals surface area contributed by atoms with Crippen molar-refractivity contribution in [2.24, 2.45) is 0 Å². The van der Waals surface area contributed by atoms with Crippen LogP contribution in [0, 0.1) is 11.6 Å². The molecule has 4 rings (SSSR count). The van der Waals surface area contributed by atoms with Crippen molar-refractivity contribution < 1.29 is 18.3 Å². The SMILES string of the molecule is COc1ccc(C(NC(C)c2ccc(F)c(F)c2)c2cccc(Nc3c(OC)c(=O)c3=O)c2)cc1. The van der Waals surface area contributed by atoms with E-state index in [0.29, 0.717) is 17.0 Å². The lowest BCUT2D eigenvalue weighted by Crippen LogP contribution is -2.34. The Morgan fingerprint density at radius 2 is 1.49 bits per heavy atom. The van der Waals surface area contributed by atoms with Crippen LogP contribution in [0.4, 0.5) is 20.2 Å². The first-order chi connectivity index (χ1) is 16.8. The number of halogens is 2. The summed E-state index contributed by atoms with van der Waals surface area (Å²) in [5.74, 6) is -1.12. The van der Waals surface area contributed by atoms with Crippen LogP contribution in [-0.2, 0) is 0 Å². The molecule has 2 N–H and O–H groups in total. The molecule has 0 amide bonds. The van der Waals surface area contributed by atoms with Gasteiger partial charge in [0.1, 0.15) is 11.4 Å². The summed E-state index contributed by atoms with van der Waals surface area (Å²) >= 11 is 0. The van der Waals surface area contributed by atoms with E-state index >= 15 is 0 Å². The van der Waals surface area contributed by atoms with E-state index in [9.17, 15) is 18.4 Å². The zero-order chi connectivity index (χ0) is 25.1. The number of hydrogen-bond donors (Lipinski definition) is 2. The van der Waals surface area contributed by atoms with Crippen LogP contribution in [0.2, 0.25) is 0 Å². The van der Waals surface area contributed by atoms with Gasteiger partial charge in [-0.15, -0.1) is 0 Å². The van der Waals surface area contributed by atoms with Crippen LogP contribution in [-0.4, -0.2) is 14.2 Å². The van der Waals surface area contributed by atoms with Gasteiger partial charge >= 0.3 is 0 Å². The van der Waals surface area contributed by atoms with Crippen molar-refractivity contribution in [3.8, 4) is 11.5 Å². The summed E-state index contributed by atoms with van der Waals surface area (Å²) in [5, 5.41) is 6.45. The molecule has 0 heterocycles. The summed E-state index contributed by atoms with van der Waals surface area (Å²) in [6.45, 7) is 1.86. The quantitative estimate of drug-likeness (QED) is 0.338. The molecule has 0 aliphatic heterocycles. The molecule has 2 atom stereocenters. The fourth-order valence-corrected chi connectivity index (χ4v) is 3.93. The van der Waals surface area contributed by atoms with Gasteiger partial charge in [0.15, 0.2) is 17.4 Å². The van der Waals surface area contributed by atoms with E-state index in [1.54, 1.807) is 13.2 Å². The summed E-state index contributed by atoms with van der Waals surface area (Å²) in [6.07, 6.45) is 0. The van der Waals surface area contributed by atoms with Gasteiger partial charge in [0.05, 0.1) is 20.3 Å². The topological polar surface area (TPSA) is 76.7 Å². The van der Waals surface area contributed by atoms with Gasteiger partial charge in [-0.2, -0.15) is 0 Å². The number of anilines is 2. The molecule has 0 bridgehead atoms. The molecule has 0 saturated heterocycles. The van der Waals surface area contributed by atoms with Crippen LogP contribution in [0.15, 0.2) is 76.3 Å². The van der Waals surface area contributed by atoms with Crippen LogP contribution in [0.1, 0.15) is 35.7 Å². The number of methoxy groups -OCH3 is 2. The molecule has 180 valence electrons. The van der Waals surface area contributed by atoms with E-state index in [2.05, 4.69) is 10.6 Å². The van der Waals surface area contributed by atoms with Gasteiger partial charge in [-0.25, -0.2) is 8.78 Å². The van der Waals surface area contributed by atoms with Gasteiger partial charge in [-0.3, -0.25) is 14.9 Å². The summed E-state index contributed by atoms with van der Waals surface area (Å²) in [5.41, 5.74) is 1.74. The molecule has 4 aromatic carbocycles. The predicted octanol–water partition coefficient (Wildman–Crippen LogP) is 4.76. The predicted molar refractivity (Wildman–Crippen MR) is 130 cm³/mol. The molecule has 2 unspecified atom stereocenters. The molecule has 0 aromatic heterocycles. The van der Waals surface area contributed by atoms with Gasteiger partial charge in [0.25, 0.3) is 10.9 Å². The molecule has 0 aliphatic rings. The fourth-order valence-electron chi connectivity index (χ4n) is 3.93. The van der Waals surface area contributed by atoms with Gasteiger partial charge in [-0.1, -0.05) is 30.3 Å². The van der Waals surface area contributed by atoms with E-state index < -0.39 is 22.5 Å². The number of nitrogens with one attached hydrogen (secondary N) is 2. The standard InChI is InChI=1S/C27H24F2N2O4/c1-15(17-9-12-21(28)22(29)14-17)30-23(16-7-10-20(34-2)11-8-16)18-5-4-6-19(13-18)31-24-25(32)26(33)27(24)35-3/h4-15,23,30-31H,1-3H3. The molecule has 0 spiro atoms. The van der Waals surface area contributed by atoms with Crippen LogP contribution in [0.25, 0.3) is 0 Å². The number of hydrogen-bond acceptors (Lipinski definition) is 6. The molecule has 6 nitrogen and oxygen atoms in total. The summed E-state index contributed by atoms with van der Waals surface area (Å²) < 4.78 is 37.6. The second-order valence-electron chi connectivity index (χ2n) is 8.09. The highest BCUT2D eigenvalue weighted by Gasteiger charge is 2.23. The average molecular weight is 478 g/mol. The van der Waals surface area contributed by atoms with Gasteiger partial charge in [0, 0.05) is 11.7 Å². The maximum atomic E-state index is 13.8. The Morgan fingerprint density at radius 1 is 0.771 bits per heavy atom. The lowest BCUT2D eigenvalue weighted by molar-refractivity contribution is 0.408. The Morgan fingerprint density at radius 3 is 2.14 bits per heavy atom. The van der Waals surface area contributed by atoms with Crippen molar-refractivity contribution in [1.29, 1.82) is 0 Å². The van der Waals surface area contributed by atoms with Crippen LogP contribution >= 0.6 is 0 Å². The highest BCUT2D eigenvalue weighted by atomic mass is 19.2. The monoisotopic (exact) mass is 478 g/mol. The maximum absolute atomic E-state index is 13.8. The summed E-state index contributed by atoms with van der Waals surface area (Å²) in [6, 6.07) is 18.0. The number of ether oxygens (including phenoxy) is 2. The maximum Gasteiger partial charge on any atom is 0.272 e. The zero-order valence-electron chi connectivity index (χ0n) is 19.4. The lowest BCUT2D eigenvalue weighted by Gasteiger charge is -2.25. The van der Waals surface area contributed by atoms with Gasteiger partial charge in [0.2, 0.25) is 0 Å². The molecule has 0 radical (unpaired) electrons. The Kier molecular flexibility index (Phi) is 6.93. The zero-order valence-corrected chi connectivity index (χ0v) is 19.4.